The topological polar surface area (TPSA) is 29.5 Å². The number of hydrogen-bond acceptors (Lipinski definition) is 3. The van der Waals surface area contributed by atoms with Crippen molar-refractivity contribution in [3.05, 3.63) is 108 Å². The molecule has 0 aliphatic rings. The van der Waals surface area contributed by atoms with Crippen LogP contribution in [0.4, 0.5) is 0 Å². The largest absolute Gasteiger partial charge is 0.444 e. The van der Waals surface area contributed by atoms with Gasteiger partial charge in [-0.15, -0.1) is 0 Å². The highest BCUT2D eigenvalue weighted by atomic mass is 16.6. The first-order valence-electron chi connectivity index (χ1n) is 9.11. The Morgan fingerprint density at radius 2 is 1.19 bits per heavy atom. The second kappa shape index (κ2) is 8.19. The summed E-state index contributed by atoms with van der Waals surface area (Å²) >= 11 is 0. The van der Waals surface area contributed by atoms with E-state index in [9.17, 15) is 4.79 Å². The van der Waals surface area contributed by atoms with Crippen molar-refractivity contribution in [1.29, 1.82) is 0 Å². The van der Waals surface area contributed by atoms with Crippen molar-refractivity contribution in [2.45, 2.75) is 18.6 Å². The van der Waals surface area contributed by atoms with Gasteiger partial charge in [0.1, 0.15) is 0 Å². The zero-order chi connectivity index (χ0) is 19.3. The zero-order valence-electron chi connectivity index (χ0n) is 16.0. The van der Waals surface area contributed by atoms with E-state index < -0.39 is 5.60 Å². The molecule has 0 aliphatic heterocycles. The Balaban J connectivity index is 2.19. The number of hydrogen-bond donors (Lipinski definition) is 0. The van der Waals surface area contributed by atoms with Gasteiger partial charge in [-0.1, -0.05) is 78.9 Å². The average Bonchev–Trinajstić information content (AvgIpc) is 2.73. The van der Waals surface area contributed by atoms with Crippen LogP contribution in [0, 0.1) is 0 Å². The lowest BCUT2D eigenvalue weighted by Gasteiger charge is -2.42. The minimum Gasteiger partial charge on any atom is -0.444 e. The van der Waals surface area contributed by atoms with Crippen molar-refractivity contribution < 1.29 is 9.53 Å². The van der Waals surface area contributed by atoms with Gasteiger partial charge in [-0.3, -0.25) is 0 Å². The number of rotatable bonds is 6. The van der Waals surface area contributed by atoms with Gasteiger partial charge in [-0.05, 0) is 33.2 Å². The molecule has 3 heteroatoms. The van der Waals surface area contributed by atoms with Crippen LogP contribution < -0.4 is 0 Å². The zero-order valence-corrected chi connectivity index (χ0v) is 16.0. The fourth-order valence-electron chi connectivity index (χ4n) is 3.37. The van der Waals surface area contributed by atoms with Crippen molar-refractivity contribution in [3.8, 4) is 0 Å². The number of carbonyl (C=O) groups excluding carboxylic acids is 1. The molecule has 138 valence electrons. The van der Waals surface area contributed by atoms with Gasteiger partial charge in [0.25, 0.3) is 0 Å². The lowest BCUT2D eigenvalue weighted by molar-refractivity contribution is -0.0355. The number of likely N-dealkylation sites (N-methyl/N-ethyl adjacent to an activating group) is 1. The Morgan fingerprint density at radius 1 is 0.778 bits per heavy atom. The lowest BCUT2D eigenvalue weighted by Crippen LogP contribution is -2.50. The van der Waals surface area contributed by atoms with Crippen LogP contribution in [-0.2, 0) is 10.3 Å². The third-order valence-electron chi connectivity index (χ3n) is 5.03. The van der Waals surface area contributed by atoms with Crippen LogP contribution in [0.3, 0.4) is 0 Å². The van der Waals surface area contributed by atoms with Gasteiger partial charge >= 0.3 is 5.97 Å². The molecule has 0 N–H and O–H groups in total. The van der Waals surface area contributed by atoms with Crippen LogP contribution in [0.15, 0.2) is 91.0 Å². The fourth-order valence-corrected chi connectivity index (χ4v) is 3.37. The first-order chi connectivity index (χ1) is 13.1. The molecule has 0 aliphatic carbocycles. The Kier molecular flexibility index (Phi) is 5.72. The summed E-state index contributed by atoms with van der Waals surface area (Å²) in [6.45, 7) is 2.08. The average molecular weight is 359 g/mol. The fraction of sp³-hybridized carbons (Fsp3) is 0.208. The molecule has 3 aromatic rings. The Labute approximate surface area is 161 Å². The summed E-state index contributed by atoms with van der Waals surface area (Å²) in [6.07, 6.45) is 0. The number of nitrogens with zero attached hydrogens (tertiary/aromatic N) is 1. The SMILES string of the molecule is C[C@H](N(C)C)C(OC(=O)c1ccccc1)(c1ccccc1)c1ccccc1. The molecule has 0 spiro atoms. The number of carbonyl (C=O) groups is 1. The molecule has 3 rings (SSSR count). The molecule has 0 aromatic heterocycles. The van der Waals surface area contributed by atoms with Crippen LogP contribution in [0.5, 0.6) is 0 Å². The molecule has 0 unspecified atom stereocenters. The quantitative estimate of drug-likeness (QED) is 0.596. The number of ether oxygens (including phenoxy) is 1. The smallest absolute Gasteiger partial charge is 0.339 e. The maximum Gasteiger partial charge on any atom is 0.339 e. The summed E-state index contributed by atoms with van der Waals surface area (Å²) < 4.78 is 6.34. The van der Waals surface area contributed by atoms with E-state index in [2.05, 4.69) is 11.8 Å². The van der Waals surface area contributed by atoms with E-state index in [4.69, 9.17) is 4.74 Å². The highest BCUT2D eigenvalue weighted by Gasteiger charge is 2.45. The highest BCUT2D eigenvalue weighted by molar-refractivity contribution is 5.90. The maximum absolute atomic E-state index is 13.1. The molecule has 0 saturated heterocycles. The van der Waals surface area contributed by atoms with E-state index in [1.807, 2.05) is 93.0 Å². The van der Waals surface area contributed by atoms with Gasteiger partial charge in [0.2, 0.25) is 0 Å². The first-order valence-corrected chi connectivity index (χ1v) is 9.11. The maximum atomic E-state index is 13.1. The molecule has 0 heterocycles. The summed E-state index contributed by atoms with van der Waals surface area (Å²) in [5.74, 6) is -0.336. The van der Waals surface area contributed by atoms with Gasteiger partial charge in [-0.25, -0.2) is 4.79 Å². The summed E-state index contributed by atoms with van der Waals surface area (Å²) in [4.78, 5) is 15.2. The summed E-state index contributed by atoms with van der Waals surface area (Å²) in [7, 11) is 4.00. The highest BCUT2D eigenvalue weighted by Crippen LogP contribution is 2.39. The summed E-state index contributed by atoms with van der Waals surface area (Å²) in [5, 5.41) is 0. The van der Waals surface area contributed by atoms with Crippen molar-refractivity contribution in [3.63, 3.8) is 0 Å². The van der Waals surface area contributed by atoms with Crippen LogP contribution in [0.25, 0.3) is 0 Å². The molecule has 0 bridgehead atoms. The van der Waals surface area contributed by atoms with Crippen molar-refractivity contribution in [2.24, 2.45) is 0 Å². The van der Waals surface area contributed by atoms with Crippen LogP contribution >= 0.6 is 0 Å². The van der Waals surface area contributed by atoms with Gasteiger partial charge in [0.15, 0.2) is 5.60 Å². The minimum absolute atomic E-state index is 0.0880. The van der Waals surface area contributed by atoms with E-state index in [0.717, 1.165) is 11.1 Å². The molecule has 0 radical (unpaired) electrons. The van der Waals surface area contributed by atoms with Crippen molar-refractivity contribution >= 4 is 5.97 Å². The molecule has 3 aromatic carbocycles. The molecule has 0 saturated carbocycles. The monoisotopic (exact) mass is 359 g/mol. The van der Waals surface area contributed by atoms with E-state index in [0.29, 0.717) is 5.56 Å². The van der Waals surface area contributed by atoms with Gasteiger partial charge < -0.3 is 9.64 Å². The molecular weight excluding hydrogens is 334 g/mol. The Morgan fingerprint density at radius 3 is 1.59 bits per heavy atom. The third-order valence-corrected chi connectivity index (χ3v) is 5.03. The predicted octanol–water partition coefficient (Wildman–Crippen LogP) is 4.74. The molecule has 0 fully saturated rings. The van der Waals surface area contributed by atoms with Crippen molar-refractivity contribution in [1.82, 2.24) is 4.90 Å². The molecule has 3 nitrogen and oxygen atoms in total. The van der Waals surface area contributed by atoms with Crippen molar-refractivity contribution in [2.75, 3.05) is 14.1 Å². The Hall–Kier alpha value is -2.91. The van der Waals surface area contributed by atoms with E-state index in [1.165, 1.54) is 0 Å². The molecule has 27 heavy (non-hydrogen) atoms. The minimum atomic E-state index is -0.932. The number of esters is 1. The molecule has 0 amide bonds. The second-order valence-electron chi connectivity index (χ2n) is 6.86. The molecular formula is C24H25NO2. The van der Waals surface area contributed by atoms with E-state index in [-0.39, 0.29) is 12.0 Å². The second-order valence-corrected chi connectivity index (χ2v) is 6.86. The predicted molar refractivity (Wildman–Crippen MR) is 109 cm³/mol. The summed E-state index contributed by atoms with van der Waals surface area (Å²) in [5.41, 5.74) is 1.50. The van der Waals surface area contributed by atoms with E-state index >= 15 is 0 Å². The van der Waals surface area contributed by atoms with Crippen LogP contribution in [0.2, 0.25) is 0 Å². The first kappa shape index (κ1) is 18.9. The standard InChI is InChI=1S/C24H25NO2/c1-19(25(2)3)24(21-15-9-5-10-16-21,22-17-11-6-12-18-22)27-23(26)20-13-7-4-8-14-20/h4-19H,1-3H3/t19-/m0/s1. The van der Waals surface area contributed by atoms with E-state index in [1.54, 1.807) is 12.1 Å². The summed E-state index contributed by atoms with van der Waals surface area (Å²) in [6, 6.07) is 29.0. The third kappa shape index (κ3) is 3.79. The normalized spacial score (nSPS) is 12.6. The van der Waals surface area contributed by atoms with Gasteiger partial charge in [0.05, 0.1) is 11.6 Å². The number of benzene rings is 3. The van der Waals surface area contributed by atoms with Crippen LogP contribution in [0.1, 0.15) is 28.4 Å². The van der Waals surface area contributed by atoms with Gasteiger partial charge in [0, 0.05) is 11.1 Å². The van der Waals surface area contributed by atoms with Crippen LogP contribution in [-0.4, -0.2) is 31.0 Å². The Bertz CT molecular complexity index is 821. The molecule has 1 atom stereocenters. The van der Waals surface area contributed by atoms with Gasteiger partial charge in [-0.2, -0.15) is 0 Å². The lowest BCUT2D eigenvalue weighted by atomic mass is 9.80.